The van der Waals surface area contributed by atoms with Gasteiger partial charge in [-0.15, -0.1) is 0 Å². The molecule has 0 atom stereocenters. The molecule has 2 N–H and O–H groups in total. The molecule has 0 unspecified atom stereocenters. The van der Waals surface area contributed by atoms with Crippen molar-refractivity contribution in [2.45, 2.75) is 0 Å². The maximum absolute atomic E-state index is 13.7. The first kappa shape index (κ1) is 11.6. The van der Waals surface area contributed by atoms with E-state index in [4.69, 9.17) is 10.5 Å². The number of nitrogens with two attached hydrogens (primary N) is 1. The molecule has 0 spiro atoms. The van der Waals surface area contributed by atoms with E-state index in [2.05, 4.69) is 0 Å². The average Bonchev–Trinajstić information content (AvgIpc) is 2.29. The first-order chi connectivity index (χ1) is 8.09. The van der Waals surface area contributed by atoms with E-state index in [1.165, 1.54) is 6.07 Å². The second-order valence-corrected chi connectivity index (χ2v) is 3.72. The minimum atomic E-state index is -0.612. The van der Waals surface area contributed by atoms with Gasteiger partial charge in [0.1, 0.15) is 11.5 Å². The number of hydrogen-bond donors (Lipinski definition) is 1. The number of hydrogen-bond acceptors (Lipinski definition) is 5. The third-order valence-electron chi connectivity index (χ3n) is 2.64. The summed E-state index contributed by atoms with van der Waals surface area (Å²) in [5.74, 6) is -0.546. The van der Waals surface area contributed by atoms with Crippen LogP contribution in [0, 0.1) is 15.9 Å². The maximum atomic E-state index is 13.7. The number of nitro benzene ring substituents is 1. The highest BCUT2D eigenvalue weighted by Crippen LogP contribution is 2.30. The van der Waals surface area contributed by atoms with Crippen molar-refractivity contribution < 1.29 is 14.1 Å². The number of anilines is 2. The standard InChI is InChI=1S/C10H12FN3O3/c11-7-5-8(12)10(14(15)16)6-9(7)13-1-3-17-4-2-13/h5-6H,1-4,12H2. The zero-order valence-electron chi connectivity index (χ0n) is 9.06. The highest BCUT2D eigenvalue weighted by atomic mass is 19.1. The molecule has 1 aliphatic rings. The topological polar surface area (TPSA) is 81.6 Å². The van der Waals surface area contributed by atoms with Crippen LogP contribution in [0.4, 0.5) is 21.5 Å². The fourth-order valence-electron chi connectivity index (χ4n) is 1.77. The fourth-order valence-corrected chi connectivity index (χ4v) is 1.77. The normalized spacial score (nSPS) is 15.9. The molecular weight excluding hydrogens is 229 g/mol. The van der Waals surface area contributed by atoms with E-state index in [1.54, 1.807) is 4.90 Å². The molecule has 17 heavy (non-hydrogen) atoms. The number of ether oxygens (including phenoxy) is 1. The third-order valence-corrected chi connectivity index (χ3v) is 2.64. The van der Waals surface area contributed by atoms with E-state index in [9.17, 15) is 14.5 Å². The van der Waals surface area contributed by atoms with Crippen LogP contribution in [0.25, 0.3) is 0 Å². The molecule has 1 aromatic carbocycles. The molecule has 0 radical (unpaired) electrons. The zero-order valence-corrected chi connectivity index (χ0v) is 9.06. The lowest BCUT2D eigenvalue weighted by atomic mass is 10.2. The van der Waals surface area contributed by atoms with Crippen LogP contribution in [-0.4, -0.2) is 31.2 Å². The monoisotopic (exact) mass is 241 g/mol. The van der Waals surface area contributed by atoms with Crippen LogP contribution in [0.3, 0.4) is 0 Å². The van der Waals surface area contributed by atoms with Crippen molar-refractivity contribution in [3.05, 3.63) is 28.1 Å². The molecule has 92 valence electrons. The van der Waals surface area contributed by atoms with Crippen molar-refractivity contribution >= 4 is 17.1 Å². The summed E-state index contributed by atoms with van der Waals surface area (Å²) < 4.78 is 18.8. The Labute approximate surface area is 96.9 Å². The van der Waals surface area contributed by atoms with Gasteiger partial charge in [0.15, 0.2) is 0 Å². The van der Waals surface area contributed by atoms with Gasteiger partial charge in [-0.1, -0.05) is 0 Å². The Morgan fingerprint density at radius 1 is 1.41 bits per heavy atom. The van der Waals surface area contributed by atoms with Gasteiger partial charge in [0, 0.05) is 25.2 Å². The van der Waals surface area contributed by atoms with E-state index < -0.39 is 10.7 Å². The van der Waals surface area contributed by atoms with Crippen molar-refractivity contribution in [1.29, 1.82) is 0 Å². The summed E-state index contributed by atoms with van der Waals surface area (Å²) in [6.45, 7) is 1.99. The SMILES string of the molecule is Nc1cc(F)c(N2CCOCC2)cc1[N+](=O)[O-]. The van der Waals surface area contributed by atoms with E-state index in [1.807, 2.05) is 0 Å². The third kappa shape index (κ3) is 2.28. The lowest BCUT2D eigenvalue weighted by Crippen LogP contribution is -2.36. The van der Waals surface area contributed by atoms with E-state index >= 15 is 0 Å². The molecule has 0 saturated carbocycles. The number of rotatable bonds is 2. The first-order valence-corrected chi connectivity index (χ1v) is 5.15. The van der Waals surface area contributed by atoms with Gasteiger partial charge in [-0.25, -0.2) is 4.39 Å². The smallest absolute Gasteiger partial charge is 0.294 e. The van der Waals surface area contributed by atoms with Crippen molar-refractivity contribution in [1.82, 2.24) is 0 Å². The summed E-state index contributed by atoms with van der Waals surface area (Å²) in [4.78, 5) is 11.8. The molecule has 6 nitrogen and oxygen atoms in total. The highest BCUT2D eigenvalue weighted by molar-refractivity contribution is 5.67. The Morgan fingerprint density at radius 3 is 2.65 bits per heavy atom. The quantitative estimate of drug-likeness (QED) is 0.477. The molecular formula is C10H12FN3O3. The molecule has 1 heterocycles. The molecule has 1 fully saturated rings. The van der Waals surface area contributed by atoms with Crippen LogP contribution < -0.4 is 10.6 Å². The predicted octanol–water partition coefficient (Wildman–Crippen LogP) is 1.15. The summed E-state index contributed by atoms with van der Waals surface area (Å²) in [5, 5.41) is 10.7. The minimum absolute atomic E-state index is 0.162. The van der Waals surface area contributed by atoms with Gasteiger partial charge in [-0.05, 0) is 0 Å². The van der Waals surface area contributed by atoms with E-state index in [-0.39, 0.29) is 17.1 Å². The average molecular weight is 241 g/mol. The molecule has 0 aromatic heterocycles. The number of nitrogens with zero attached hydrogens (tertiary/aromatic N) is 2. The molecule has 0 aliphatic carbocycles. The van der Waals surface area contributed by atoms with Crippen LogP contribution in [-0.2, 0) is 4.74 Å². The predicted molar refractivity (Wildman–Crippen MR) is 60.5 cm³/mol. The molecule has 1 saturated heterocycles. The van der Waals surface area contributed by atoms with E-state index in [0.29, 0.717) is 26.3 Å². The number of nitrogen functional groups attached to an aromatic ring is 1. The Kier molecular flexibility index (Phi) is 3.10. The van der Waals surface area contributed by atoms with Crippen molar-refractivity contribution in [3.8, 4) is 0 Å². The van der Waals surface area contributed by atoms with Gasteiger partial charge in [0.05, 0.1) is 23.8 Å². The molecule has 2 rings (SSSR count). The first-order valence-electron chi connectivity index (χ1n) is 5.15. The Hall–Kier alpha value is -1.89. The fraction of sp³-hybridized carbons (Fsp3) is 0.400. The van der Waals surface area contributed by atoms with Crippen molar-refractivity contribution in [2.24, 2.45) is 0 Å². The van der Waals surface area contributed by atoms with Crippen LogP contribution >= 0.6 is 0 Å². The van der Waals surface area contributed by atoms with Gasteiger partial charge in [0.25, 0.3) is 5.69 Å². The van der Waals surface area contributed by atoms with Crippen LogP contribution in [0.15, 0.2) is 12.1 Å². The van der Waals surface area contributed by atoms with Crippen LogP contribution in [0.1, 0.15) is 0 Å². The van der Waals surface area contributed by atoms with Gasteiger partial charge >= 0.3 is 0 Å². The Balaban J connectivity index is 2.38. The summed E-state index contributed by atoms with van der Waals surface area (Å²) in [6.07, 6.45) is 0. The van der Waals surface area contributed by atoms with Crippen molar-refractivity contribution in [2.75, 3.05) is 36.9 Å². The number of nitro groups is 1. The maximum Gasteiger partial charge on any atom is 0.294 e. The van der Waals surface area contributed by atoms with Gasteiger partial charge in [-0.2, -0.15) is 0 Å². The number of morpholine rings is 1. The van der Waals surface area contributed by atoms with Gasteiger partial charge in [-0.3, -0.25) is 10.1 Å². The summed E-state index contributed by atoms with van der Waals surface area (Å²) in [7, 11) is 0. The minimum Gasteiger partial charge on any atom is -0.393 e. The molecule has 7 heteroatoms. The largest absolute Gasteiger partial charge is 0.393 e. The Morgan fingerprint density at radius 2 is 2.06 bits per heavy atom. The van der Waals surface area contributed by atoms with Crippen LogP contribution in [0.2, 0.25) is 0 Å². The second kappa shape index (κ2) is 4.54. The lowest BCUT2D eigenvalue weighted by molar-refractivity contribution is -0.383. The van der Waals surface area contributed by atoms with Gasteiger partial charge in [0.2, 0.25) is 0 Å². The molecule has 1 aromatic rings. The second-order valence-electron chi connectivity index (χ2n) is 3.72. The molecule has 0 amide bonds. The summed E-state index contributed by atoms with van der Waals surface area (Å²) in [6, 6.07) is 2.17. The van der Waals surface area contributed by atoms with Crippen molar-refractivity contribution in [3.63, 3.8) is 0 Å². The molecule has 1 aliphatic heterocycles. The zero-order chi connectivity index (χ0) is 12.4. The summed E-state index contributed by atoms with van der Waals surface area (Å²) >= 11 is 0. The summed E-state index contributed by atoms with van der Waals surface area (Å²) in [5.41, 5.74) is 5.17. The van der Waals surface area contributed by atoms with Crippen LogP contribution in [0.5, 0.6) is 0 Å². The number of benzene rings is 1. The molecule has 0 bridgehead atoms. The van der Waals surface area contributed by atoms with E-state index in [0.717, 1.165) is 6.07 Å². The highest BCUT2D eigenvalue weighted by Gasteiger charge is 2.21. The van der Waals surface area contributed by atoms with Gasteiger partial charge < -0.3 is 15.4 Å². The number of halogens is 1. The Bertz CT molecular complexity index is 447. The lowest BCUT2D eigenvalue weighted by Gasteiger charge is -2.29.